The van der Waals surface area contributed by atoms with Crippen molar-refractivity contribution in [2.75, 3.05) is 0 Å². The molecular weight excluding hydrogens is 221 g/mol. The van der Waals surface area contributed by atoms with E-state index in [4.69, 9.17) is 9.76 Å². The topological polar surface area (TPSA) is 78.8 Å². The molecule has 1 unspecified atom stereocenters. The predicted octanol–water partition coefficient (Wildman–Crippen LogP) is 0.441. The van der Waals surface area contributed by atoms with Crippen LogP contribution in [0.15, 0.2) is 31.0 Å². The van der Waals surface area contributed by atoms with Gasteiger partial charge in [0.25, 0.3) is 0 Å². The minimum atomic E-state index is -1.08. The van der Waals surface area contributed by atoms with Crippen molar-refractivity contribution in [2.24, 2.45) is 0 Å². The van der Waals surface area contributed by atoms with Gasteiger partial charge in [0.05, 0.1) is 11.5 Å². The Labute approximate surface area is 98.9 Å². The normalized spacial score (nSPS) is 17.9. The zero-order valence-corrected chi connectivity index (χ0v) is 9.09. The first-order valence-corrected chi connectivity index (χ1v) is 5.20. The summed E-state index contributed by atoms with van der Waals surface area (Å²) in [5.41, 5.74) is 0.827. The first kappa shape index (κ1) is 11.5. The molecule has 0 fully saturated rings. The summed E-state index contributed by atoms with van der Waals surface area (Å²) in [7, 11) is -1.08. The fourth-order valence-corrected chi connectivity index (χ4v) is 1.89. The van der Waals surface area contributed by atoms with E-state index in [0.29, 0.717) is 6.42 Å². The van der Waals surface area contributed by atoms with Gasteiger partial charge < -0.3 is 20.1 Å². The fraction of sp³-hybridized carbons (Fsp3) is 0.182. The third-order valence-corrected chi connectivity index (χ3v) is 2.68. The molecule has 1 aliphatic heterocycles. The second-order valence-corrected chi connectivity index (χ2v) is 3.79. The van der Waals surface area contributed by atoms with E-state index in [1.54, 1.807) is 12.1 Å². The number of para-hydroxylation sites is 1. The average Bonchev–Trinajstić information content (AvgIpc) is 2.29. The quantitative estimate of drug-likeness (QED) is 0.660. The van der Waals surface area contributed by atoms with E-state index in [1.165, 1.54) is 12.3 Å². The summed E-state index contributed by atoms with van der Waals surface area (Å²) in [4.78, 5) is 11.0. The van der Waals surface area contributed by atoms with Gasteiger partial charge in [-0.1, -0.05) is 18.7 Å². The SMILES string of the molecule is C=CNC1Cc2cccc(C(=O)O)c2OB1O. The highest BCUT2D eigenvalue weighted by Gasteiger charge is 2.35. The average molecular weight is 233 g/mol. The molecule has 88 valence electrons. The number of hydrogen-bond donors (Lipinski definition) is 3. The van der Waals surface area contributed by atoms with Crippen molar-refractivity contribution in [1.82, 2.24) is 5.32 Å². The molecule has 5 nitrogen and oxygen atoms in total. The molecule has 0 aromatic heterocycles. The van der Waals surface area contributed by atoms with Gasteiger partial charge in [-0.05, 0) is 24.3 Å². The van der Waals surface area contributed by atoms with Gasteiger partial charge in [0.2, 0.25) is 0 Å². The van der Waals surface area contributed by atoms with E-state index in [1.807, 2.05) is 0 Å². The summed E-state index contributed by atoms with van der Waals surface area (Å²) in [6.45, 7) is 3.52. The van der Waals surface area contributed by atoms with E-state index in [0.717, 1.165) is 5.56 Å². The molecule has 1 aromatic carbocycles. The van der Waals surface area contributed by atoms with Crippen molar-refractivity contribution in [2.45, 2.75) is 12.4 Å². The lowest BCUT2D eigenvalue weighted by Crippen LogP contribution is -2.49. The summed E-state index contributed by atoms with van der Waals surface area (Å²) in [6, 6.07) is 4.90. The molecule has 0 amide bonds. The maximum absolute atomic E-state index is 11.0. The highest BCUT2D eigenvalue weighted by molar-refractivity contribution is 6.46. The Bertz CT molecular complexity index is 463. The fourth-order valence-electron chi connectivity index (χ4n) is 1.89. The van der Waals surface area contributed by atoms with Gasteiger partial charge in [0.15, 0.2) is 0 Å². The maximum Gasteiger partial charge on any atom is 0.546 e. The number of nitrogens with one attached hydrogen (secondary N) is 1. The van der Waals surface area contributed by atoms with Crippen molar-refractivity contribution < 1.29 is 19.6 Å². The van der Waals surface area contributed by atoms with Crippen LogP contribution in [0.1, 0.15) is 15.9 Å². The molecule has 0 aliphatic carbocycles. The molecule has 0 bridgehead atoms. The van der Waals surface area contributed by atoms with Gasteiger partial charge in [0.1, 0.15) is 5.75 Å². The predicted molar refractivity (Wildman–Crippen MR) is 62.8 cm³/mol. The maximum atomic E-state index is 11.0. The second-order valence-electron chi connectivity index (χ2n) is 3.79. The van der Waals surface area contributed by atoms with E-state index in [9.17, 15) is 9.82 Å². The molecule has 2 rings (SSSR count). The van der Waals surface area contributed by atoms with Crippen LogP contribution in [-0.2, 0) is 6.42 Å². The first-order chi connectivity index (χ1) is 8.13. The van der Waals surface area contributed by atoms with E-state index < -0.39 is 13.1 Å². The van der Waals surface area contributed by atoms with Gasteiger partial charge in [-0.3, -0.25) is 0 Å². The van der Waals surface area contributed by atoms with Crippen molar-refractivity contribution in [3.8, 4) is 5.75 Å². The second kappa shape index (κ2) is 4.51. The molecule has 1 aliphatic rings. The molecule has 0 saturated heterocycles. The van der Waals surface area contributed by atoms with E-state index >= 15 is 0 Å². The largest absolute Gasteiger partial charge is 0.546 e. The van der Waals surface area contributed by atoms with Crippen molar-refractivity contribution in [3.63, 3.8) is 0 Å². The number of fused-ring (bicyclic) bond motifs is 1. The number of rotatable bonds is 3. The Balaban J connectivity index is 2.37. The van der Waals surface area contributed by atoms with E-state index in [-0.39, 0.29) is 17.3 Å². The molecule has 1 atom stereocenters. The van der Waals surface area contributed by atoms with Crippen LogP contribution in [0.25, 0.3) is 0 Å². The zero-order valence-electron chi connectivity index (χ0n) is 9.09. The number of carboxylic acids is 1. The molecule has 17 heavy (non-hydrogen) atoms. The van der Waals surface area contributed by atoms with Crippen LogP contribution in [0, 0.1) is 0 Å². The number of hydrogen-bond acceptors (Lipinski definition) is 4. The Morgan fingerprint density at radius 1 is 1.65 bits per heavy atom. The van der Waals surface area contributed by atoms with Gasteiger partial charge in [0, 0.05) is 0 Å². The molecule has 3 N–H and O–H groups in total. The zero-order chi connectivity index (χ0) is 12.4. The lowest BCUT2D eigenvalue weighted by atomic mass is 9.72. The van der Waals surface area contributed by atoms with Crippen LogP contribution in [0.2, 0.25) is 0 Å². The molecule has 6 heteroatoms. The van der Waals surface area contributed by atoms with Crippen LogP contribution in [0.5, 0.6) is 5.75 Å². The molecule has 0 radical (unpaired) electrons. The van der Waals surface area contributed by atoms with Crippen LogP contribution in [0.4, 0.5) is 0 Å². The summed E-state index contributed by atoms with van der Waals surface area (Å²) in [6.07, 6.45) is 1.97. The smallest absolute Gasteiger partial charge is 0.534 e. The lowest BCUT2D eigenvalue weighted by molar-refractivity contribution is 0.0694. The summed E-state index contributed by atoms with van der Waals surface area (Å²) in [5.74, 6) is -1.14. The molecule has 1 aromatic rings. The third kappa shape index (κ3) is 2.12. The Kier molecular flexibility index (Phi) is 3.06. The minimum absolute atomic E-state index is 0.0682. The standard InChI is InChI=1S/C11H12BNO4/c1-2-13-9-6-7-4-3-5-8(11(14)15)10(7)17-12(9)16/h2-5,9,13,16H,1,6H2,(H,14,15). The van der Waals surface area contributed by atoms with Crippen LogP contribution in [0.3, 0.4) is 0 Å². The van der Waals surface area contributed by atoms with Crippen LogP contribution >= 0.6 is 0 Å². The lowest BCUT2D eigenvalue weighted by Gasteiger charge is -2.28. The highest BCUT2D eigenvalue weighted by Crippen LogP contribution is 2.29. The van der Waals surface area contributed by atoms with Gasteiger partial charge in [-0.25, -0.2) is 4.79 Å². The van der Waals surface area contributed by atoms with Gasteiger partial charge in [-0.15, -0.1) is 0 Å². The summed E-state index contributed by atoms with van der Waals surface area (Å²) < 4.78 is 5.25. The Hall–Kier alpha value is -1.95. The van der Waals surface area contributed by atoms with Gasteiger partial charge in [-0.2, -0.15) is 0 Å². The van der Waals surface area contributed by atoms with Crippen LogP contribution in [-0.4, -0.2) is 29.2 Å². The van der Waals surface area contributed by atoms with Crippen molar-refractivity contribution >= 4 is 13.1 Å². The van der Waals surface area contributed by atoms with Crippen molar-refractivity contribution in [1.29, 1.82) is 0 Å². The summed E-state index contributed by atoms with van der Waals surface area (Å²) >= 11 is 0. The summed E-state index contributed by atoms with van der Waals surface area (Å²) in [5, 5.41) is 21.6. The van der Waals surface area contributed by atoms with Crippen molar-refractivity contribution in [3.05, 3.63) is 42.1 Å². The number of carbonyl (C=O) groups is 1. The third-order valence-electron chi connectivity index (χ3n) is 2.68. The molecule has 1 heterocycles. The first-order valence-electron chi connectivity index (χ1n) is 5.20. The van der Waals surface area contributed by atoms with Crippen LogP contribution < -0.4 is 9.97 Å². The highest BCUT2D eigenvalue weighted by atomic mass is 16.5. The van der Waals surface area contributed by atoms with E-state index in [2.05, 4.69) is 11.9 Å². The monoisotopic (exact) mass is 233 g/mol. The van der Waals surface area contributed by atoms with Gasteiger partial charge >= 0.3 is 13.1 Å². The Morgan fingerprint density at radius 3 is 3.06 bits per heavy atom. The molecule has 0 saturated carbocycles. The number of aromatic carboxylic acids is 1. The molecule has 0 spiro atoms. The Morgan fingerprint density at radius 2 is 2.41 bits per heavy atom. The number of benzene rings is 1. The number of carboxylic acid groups (broad SMARTS) is 1. The molecular formula is C11H12BNO4. The minimum Gasteiger partial charge on any atom is -0.534 e.